The van der Waals surface area contributed by atoms with E-state index in [-0.39, 0.29) is 5.91 Å². The first-order valence-corrected chi connectivity index (χ1v) is 9.93. The van der Waals surface area contributed by atoms with E-state index in [1.165, 1.54) is 6.20 Å². The van der Waals surface area contributed by atoms with E-state index in [1.54, 1.807) is 28.6 Å². The van der Waals surface area contributed by atoms with Gasteiger partial charge in [0.1, 0.15) is 4.88 Å². The molecule has 2 heterocycles. The Labute approximate surface area is 144 Å². The number of nitrogens with zero attached hydrogens (tertiary/aromatic N) is 3. The quantitative estimate of drug-likeness (QED) is 0.868. The number of amides is 1. The summed E-state index contributed by atoms with van der Waals surface area (Å²) < 4.78 is 30.3. The van der Waals surface area contributed by atoms with Crippen LogP contribution in [0.25, 0.3) is 0 Å². The van der Waals surface area contributed by atoms with E-state index in [0.29, 0.717) is 29.4 Å². The average molecular weight is 366 g/mol. The van der Waals surface area contributed by atoms with Crippen molar-refractivity contribution < 1.29 is 13.2 Å². The summed E-state index contributed by atoms with van der Waals surface area (Å²) in [5.41, 5.74) is 0.832. The van der Waals surface area contributed by atoms with E-state index < -0.39 is 10.0 Å². The zero-order valence-corrected chi connectivity index (χ0v) is 14.6. The van der Waals surface area contributed by atoms with E-state index in [1.807, 2.05) is 0 Å². The van der Waals surface area contributed by atoms with Crippen LogP contribution in [0, 0.1) is 0 Å². The number of nitrogens with one attached hydrogen (secondary N) is 1. The molecule has 0 aliphatic carbocycles. The summed E-state index contributed by atoms with van der Waals surface area (Å²) in [5.74, 6) is -0.241. The lowest BCUT2D eigenvalue weighted by Gasteiger charge is -2.25. The van der Waals surface area contributed by atoms with E-state index in [2.05, 4.69) is 14.9 Å². The van der Waals surface area contributed by atoms with Gasteiger partial charge in [-0.05, 0) is 42.1 Å². The van der Waals surface area contributed by atoms with Crippen LogP contribution in [0.4, 0.5) is 0 Å². The number of rotatable bonds is 5. The number of carbonyl (C=O) groups excluding carboxylic acids is 1. The number of aromatic nitrogens is 2. The maximum absolute atomic E-state index is 12.6. The standard InChI is InChI=1S/C15H18N4O3S2/c20-15(14-11-17-18-23-14)16-10-12-4-6-13(7-5-12)24(21,22)19-8-2-1-3-9-19/h4-7,11H,1-3,8-10H2,(H,16,20). The lowest BCUT2D eigenvalue weighted by molar-refractivity contribution is 0.0954. The second-order valence-electron chi connectivity index (χ2n) is 5.57. The van der Waals surface area contributed by atoms with Gasteiger partial charge in [-0.3, -0.25) is 4.79 Å². The molecule has 1 N–H and O–H groups in total. The van der Waals surface area contributed by atoms with Crippen LogP contribution in [0.3, 0.4) is 0 Å². The Morgan fingerprint density at radius 2 is 1.88 bits per heavy atom. The number of hydrogen-bond acceptors (Lipinski definition) is 6. The van der Waals surface area contributed by atoms with Crippen molar-refractivity contribution >= 4 is 27.5 Å². The molecule has 24 heavy (non-hydrogen) atoms. The van der Waals surface area contributed by atoms with Crippen LogP contribution in [-0.2, 0) is 16.6 Å². The lowest BCUT2D eigenvalue weighted by Crippen LogP contribution is -2.35. The Kier molecular flexibility index (Phi) is 5.22. The van der Waals surface area contributed by atoms with Crippen LogP contribution in [-0.4, -0.2) is 41.3 Å². The van der Waals surface area contributed by atoms with Crippen molar-refractivity contribution in [1.29, 1.82) is 0 Å². The van der Waals surface area contributed by atoms with Gasteiger partial charge in [-0.25, -0.2) is 8.42 Å². The van der Waals surface area contributed by atoms with Gasteiger partial charge in [0, 0.05) is 19.6 Å². The molecule has 7 nitrogen and oxygen atoms in total. The molecule has 1 fully saturated rings. The number of sulfonamides is 1. The van der Waals surface area contributed by atoms with Crippen molar-refractivity contribution in [3.05, 3.63) is 40.9 Å². The van der Waals surface area contributed by atoms with Gasteiger partial charge in [-0.1, -0.05) is 23.0 Å². The summed E-state index contributed by atoms with van der Waals surface area (Å²) in [6.07, 6.45) is 4.32. The molecule has 0 atom stereocenters. The van der Waals surface area contributed by atoms with Gasteiger partial charge in [0.15, 0.2) is 0 Å². The molecule has 1 aromatic heterocycles. The molecule has 128 valence electrons. The second-order valence-corrected chi connectivity index (χ2v) is 8.30. The normalized spacial score (nSPS) is 16.0. The Morgan fingerprint density at radius 3 is 2.50 bits per heavy atom. The molecule has 1 saturated heterocycles. The first-order chi connectivity index (χ1) is 11.6. The summed E-state index contributed by atoms with van der Waals surface area (Å²) in [5, 5.41) is 6.37. The maximum Gasteiger partial charge on any atom is 0.264 e. The molecular weight excluding hydrogens is 348 g/mol. The first kappa shape index (κ1) is 17.0. The monoisotopic (exact) mass is 366 g/mol. The number of carbonyl (C=O) groups is 1. The fraction of sp³-hybridized carbons (Fsp3) is 0.400. The number of benzene rings is 1. The van der Waals surface area contributed by atoms with Crippen molar-refractivity contribution in [2.75, 3.05) is 13.1 Å². The van der Waals surface area contributed by atoms with E-state index in [9.17, 15) is 13.2 Å². The molecule has 1 aliphatic rings. The van der Waals surface area contributed by atoms with Crippen molar-refractivity contribution in [3.63, 3.8) is 0 Å². The molecule has 0 bridgehead atoms. The molecule has 1 aromatic carbocycles. The molecule has 2 aromatic rings. The van der Waals surface area contributed by atoms with Crippen LogP contribution in [0.2, 0.25) is 0 Å². The average Bonchev–Trinajstić information content (AvgIpc) is 3.15. The predicted octanol–water partition coefficient (Wildman–Crippen LogP) is 1.64. The van der Waals surface area contributed by atoms with Gasteiger partial charge in [0.05, 0.1) is 11.1 Å². The molecule has 1 aliphatic heterocycles. The third kappa shape index (κ3) is 3.80. The SMILES string of the molecule is O=C(NCc1ccc(S(=O)(=O)N2CCCCC2)cc1)c1cnns1. The minimum Gasteiger partial charge on any atom is -0.347 e. The third-order valence-electron chi connectivity index (χ3n) is 3.91. The van der Waals surface area contributed by atoms with Crippen LogP contribution < -0.4 is 5.32 Å². The Morgan fingerprint density at radius 1 is 1.17 bits per heavy atom. The van der Waals surface area contributed by atoms with Gasteiger partial charge in [-0.2, -0.15) is 4.31 Å². The molecule has 3 rings (SSSR count). The fourth-order valence-corrected chi connectivity index (χ4v) is 4.52. The topological polar surface area (TPSA) is 92.3 Å². The fourth-order valence-electron chi connectivity index (χ4n) is 2.57. The summed E-state index contributed by atoms with van der Waals surface area (Å²) in [6, 6.07) is 6.64. The van der Waals surface area contributed by atoms with Crippen LogP contribution in [0.1, 0.15) is 34.5 Å². The summed E-state index contributed by atoms with van der Waals surface area (Å²) in [7, 11) is -3.41. The summed E-state index contributed by atoms with van der Waals surface area (Å²) in [4.78, 5) is 12.6. The van der Waals surface area contributed by atoms with Gasteiger partial charge in [0.2, 0.25) is 10.0 Å². The van der Waals surface area contributed by atoms with Gasteiger partial charge < -0.3 is 5.32 Å². The van der Waals surface area contributed by atoms with E-state index >= 15 is 0 Å². The molecule has 0 unspecified atom stereocenters. The number of hydrogen-bond donors (Lipinski definition) is 1. The van der Waals surface area contributed by atoms with Crippen molar-refractivity contribution in [2.45, 2.75) is 30.7 Å². The molecular formula is C15H18N4O3S2. The zero-order valence-electron chi connectivity index (χ0n) is 13.0. The highest BCUT2D eigenvalue weighted by atomic mass is 32.2. The highest BCUT2D eigenvalue weighted by Gasteiger charge is 2.25. The first-order valence-electron chi connectivity index (χ1n) is 7.72. The lowest BCUT2D eigenvalue weighted by atomic mass is 10.2. The highest BCUT2D eigenvalue weighted by Crippen LogP contribution is 2.20. The second kappa shape index (κ2) is 7.37. The van der Waals surface area contributed by atoms with Crippen molar-refractivity contribution in [3.8, 4) is 0 Å². The maximum atomic E-state index is 12.6. The predicted molar refractivity (Wildman–Crippen MR) is 90.1 cm³/mol. The summed E-state index contributed by atoms with van der Waals surface area (Å²) in [6.45, 7) is 1.49. The minimum atomic E-state index is -3.41. The Balaban J connectivity index is 1.63. The van der Waals surface area contributed by atoms with Crippen molar-refractivity contribution in [1.82, 2.24) is 19.2 Å². The molecule has 0 radical (unpaired) electrons. The number of piperidine rings is 1. The largest absolute Gasteiger partial charge is 0.347 e. The van der Waals surface area contributed by atoms with E-state index in [4.69, 9.17) is 0 Å². The molecule has 1 amide bonds. The minimum absolute atomic E-state index is 0.241. The van der Waals surface area contributed by atoms with Gasteiger partial charge in [0.25, 0.3) is 5.91 Å². The van der Waals surface area contributed by atoms with Crippen LogP contribution in [0.15, 0.2) is 35.4 Å². The van der Waals surface area contributed by atoms with Gasteiger partial charge in [-0.15, -0.1) is 5.10 Å². The third-order valence-corrected chi connectivity index (χ3v) is 6.49. The molecule has 9 heteroatoms. The van der Waals surface area contributed by atoms with Crippen LogP contribution in [0.5, 0.6) is 0 Å². The Hall–Kier alpha value is -1.84. The molecule has 0 spiro atoms. The smallest absolute Gasteiger partial charge is 0.264 e. The van der Waals surface area contributed by atoms with Gasteiger partial charge >= 0.3 is 0 Å². The summed E-state index contributed by atoms with van der Waals surface area (Å²) >= 11 is 1.03. The highest BCUT2D eigenvalue weighted by molar-refractivity contribution is 7.89. The van der Waals surface area contributed by atoms with Crippen LogP contribution >= 0.6 is 11.5 Å². The van der Waals surface area contributed by atoms with Crippen molar-refractivity contribution in [2.24, 2.45) is 0 Å². The Bertz CT molecular complexity index is 783. The zero-order chi connectivity index (χ0) is 17.0. The molecule has 0 saturated carbocycles. The van der Waals surface area contributed by atoms with E-state index in [0.717, 1.165) is 36.4 Å².